The third-order valence-electron chi connectivity index (χ3n) is 6.40. The van der Waals surface area contributed by atoms with E-state index >= 15 is 0 Å². The Balaban J connectivity index is 2.20. The largest absolute Gasteiger partial charge is 0.507 e. The number of amides is 1. The van der Waals surface area contributed by atoms with Crippen molar-refractivity contribution in [3.8, 4) is 17.2 Å². The van der Waals surface area contributed by atoms with E-state index in [-0.39, 0.29) is 23.4 Å². The van der Waals surface area contributed by atoms with Gasteiger partial charge < -0.3 is 29.1 Å². The van der Waals surface area contributed by atoms with Crippen molar-refractivity contribution in [2.75, 3.05) is 40.9 Å². The van der Waals surface area contributed by atoms with Gasteiger partial charge in [0.1, 0.15) is 11.5 Å². The van der Waals surface area contributed by atoms with Crippen LogP contribution in [0, 0.1) is 0 Å². The molecule has 1 heterocycles. The molecule has 1 atom stereocenters. The summed E-state index contributed by atoms with van der Waals surface area (Å²) in [6.07, 6.45) is -0.0599. The second-order valence-corrected chi connectivity index (χ2v) is 10.2. The molecule has 0 aromatic heterocycles. The lowest BCUT2D eigenvalue weighted by Crippen LogP contribution is -2.35. The smallest absolute Gasteiger partial charge is 0.295 e. The van der Waals surface area contributed by atoms with Crippen LogP contribution < -0.4 is 14.2 Å². The number of likely N-dealkylation sites (tertiary alicyclic amines) is 1. The van der Waals surface area contributed by atoms with E-state index in [0.717, 1.165) is 11.3 Å². The molecule has 38 heavy (non-hydrogen) atoms. The van der Waals surface area contributed by atoms with Crippen LogP contribution in [0.4, 0.5) is 0 Å². The van der Waals surface area contributed by atoms with Crippen molar-refractivity contribution in [3.05, 3.63) is 58.7 Å². The number of Topliss-reactive ketones (excluding diaryl/α,β-unsaturated/α-hetero) is 1. The molecule has 8 nitrogen and oxygen atoms in total. The molecule has 1 aliphatic heterocycles. The van der Waals surface area contributed by atoms with Crippen molar-refractivity contribution in [3.63, 3.8) is 0 Å². The maximum Gasteiger partial charge on any atom is 0.295 e. The summed E-state index contributed by atoms with van der Waals surface area (Å²) in [6, 6.07) is 9.91. The van der Waals surface area contributed by atoms with Gasteiger partial charge in [-0.3, -0.25) is 9.59 Å². The van der Waals surface area contributed by atoms with Gasteiger partial charge in [-0.15, -0.1) is 0 Å². The van der Waals surface area contributed by atoms with Crippen LogP contribution >= 0.6 is 0 Å². The molecule has 0 radical (unpaired) electrons. The maximum absolute atomic E-state index is 13.4. The van der Waals surface area contributed by atoms with Crippen molar-refractivity contribution in [2.24, 2.45) is 0 Å². The lowest BCUT2D eigenvalue weighted by Gasteiger charge is -2.27. The van der Waals surface area contributed by atoms with E-state index in [4.69, 9.17) is 14.2 Å². The number of hydrogen-bond donors (Lipinski definition) is 1. The van der Waals surface area contributed by atoms with Gasteiger partial charge in [0.25, 0.3) is 11.7 Å². The Morgan fingerprint density at radius 2 is 1.71 bits per heavy atom. The van der Waals surface area contributed by atoms with Crippen LogP contribution in [0.3, 0.4) is 0 Å². The molecule has 2 aromatic carbocycles. The third kappa shape index (κ3) is 6.13. The molecular formula is C30H40N2O6. The minimum atomic E-state index is -0.786. The fourth-order valence-corrected chi connectivity index (χ4v) is 4.56. The molecular weight excluding hydrogens is 484 g/mol. The standard InChI is InChI=1S/C30H40N2O6/c1-9-37-23-12-11-21(16-22(23)18(2)3)28(33)26-27(32(15-14-31(6)7)30(35)29(26)34)20-10-13-24(38-19(4)5)25(17-20)36-8/h10-13,16-19,27,33H,9,14-15H2,1-8H3/b28-26+. The van der Waals surface area contributed by atoms with Crippen LogP contribution in [-0.4, -0.2) is 73.6 Å². The molecule has 8 heteroatoms. The highest BCUT2D eigenvalue weighted by Crippen LogP contribution is 2.42. The van der Waals surface area contributed by atoms with Crippen molar-refractivity contribution in [1.29, 1.82) is 0 Å². The lowest BCUT2D eigenvalue weighted by atomic mass is 9.93. The normalized spacial score (nSPS) is 17.1. The van der Waals surface area contributed by atoms with E-state index in [1.165, 1.54) is 4.90 Å². The van der Waals surface area contributed by atoms with E-state index in [1.54, 1.807) is 31.4 Å². The molecule has 1 saturated heterocycles. The average molecular weight is 525 g/mol. The minimum Gasteiger partial charge on any atom is -0.507 e. The molecule has 2 aromatic rings. The summed E-state index contributed by atoms with van der Waals surface area (Å²) in [5.41, 5.74) is 2.06. The molecule has 1 fully saturated rings. The van der Waals surface area contributed by atoms with E-state index in [2.05, 4.69) is 0 Å². The van der Waals surface area contributed by atoms with Gasteiger partial charge in [0.05, 0.1) is 31.4 Å². The van der Waals surface area contributed by atoms with E-state index in [0.29, 0.717) is 42.3 Å². The van der Waals surface area contributed by atoms with Gasteiger partial charge in [0.2, 0.25) is 0 Å². The Morgan fingerprint density at radius 3 is 2.29 bits per heavy atom. The number of ketones is 1. The Bertz CT molecular complexity index is 1200. The molecule has 1 unspecified atom stereocenters. The Hall–Kier alpha value is -3.52. The summed E-state index contributed by atoms with van der Waals surface area (Å²) in [4.78, 5) is 30.1. The van der Waals surface area contributed by atoms with Crippen LogP contribution in [0.15, 0.2) is 42.0 Å². The van der Waals surface area contributed by atoms with E-state index in [9.17, 15) is 14.7 Å². The highest BCUT2D eigenvalue weighted by atomic mass is 16.5. The van der Waals surface area contributed by atoms with Crippen LogP contribution in [0.1, 0.15) is 63.3 Å². The third-order valence-corrected chi connectivity index (χ3v) is 6.40. The van der Waals surface area contributed by atoms with Gasteiger partial charge in [-0.05, 0) is 82.2 Å². The number of rotatable bonds is 11. The van der Waals surface area contributed by atoms with E-state index in [1.807, 2.05) is 65.7 Å². The number of ether oxygens (including phenoxy) is 3. The van der Waals surface area contributed by atoms with Crippen LogP contribution in [-0.2, 0) is 9.59 Å². The highest BCUT2D eigenvalue weighted by Gasteiger charge is 2.46. The number of hydrogen-bond acceptors (Lipinski definition) is 7. The first-order valence-corrected chi connectivity index (χ1v) is 13.0. The average Bonchev–Trinajstić information content (AvgIpc) is 3.12. The Labute approximate surface area is 225 Å². The molecule has 0 saturated carbocycles. The van der Waals surface area contributed by atoms with Gasteiger partial charge in [0, 0.05) is 18.7 Å². The fraction of sp³-hybridized carbons (Fsp3) is 0.467. The molecule has 1 aliphatic rings. The Morgan fingerprint density at radius 1 is 1.03 bits per heavy atom. The summed E-state index contributed by atoms with van der Waals surface area (Å²) >= 11 is 0. The van der Waals surface area contributed by atoms with E-state index < -0.39 is 17.7 Å². The number of nitrogens with zero attached hydrogens (tertiary/aromatic N) is 2. The number of methoxy groups -OCH3 is 1. The molecule has 0 bridgehead atoms. The molecule has 1 N–H and O–H groups in total. The summed E-state index contributed by atoms with van der Waals surface area (Å²) in [5.74, 6) is 0.324. The quantitative estimate of drug-likeness (QED) is 0.252. The van der Waals surface area contributed by atoms with Crippen molar-refractivity contribution in [1.82, 2.24) is 9.80 Å². The van der Waals surface area contributed by atoms with Gasteiger partial charge >= 0.3 is 0 Å². The summed E-state index contributed by atoms with van der Waals surface area (Å²) in [5, 5.41) is 11.5. The van der Waals surface area contributed by atoms with Crippen molar-refractivity contribution < 1.29 is 28.9 Å². The van der Waals surface area contributed by atoms with Gasteiger partial charge in [-0.2, -0.15) is 0 Å². The van der Waals surface area contributed by atoms with Gasteiger partial charge in [-0.25, -0.2) is 0 Å². The first kappa shape index (κ1) is 29.0. The van der Waals surface area contributed by atoms with Crippen LogP contribution in [0.2, 0.25) is 0 Å². The Kier molecular flexibility index (Phi) is 9.44. The summed E-state index contributed by atoms with van der Waals surface area (Å²) in [6.45, 7) is 11.2. The second kappa shape index (κ2) is 12.3. The molecule has 206 valence electrons. The number of carbonyl (C=O) groups excluding carboxylic acids is 2. The second-order valence-electron chi connectivity index (χ2n) is 10.2. The SMILES string of the molecule is CCOc1ccc(/C(O)=C2\C(=O)C(=O)N(CCN(C)C)C2c2ccc(OC(C)C)c(OC)c2)cc1C(C)C. The zero-order valence-corrected chi connectivity index (χ0v) is 23.7. The summed E-state index contributed by atoms with van der Waals surface area (Å²) < 4.78 is 17.2. The van der Waals surface area contributed by atoms with Crippen molar-refractivity contribution in [2.45, 2.75) is 52.7 Å². The summed E-state index contributed by atoms with van der Waals surface area (Å²) in [7, 11) is 5.35. The highest BCUT2D eigenvalue weighted by molar-refractivity contribution is 6.46. The number of carbonyl (C=O) groups is 2. The van der Waals surface area contributed by atoms with Gasteiger partial charge in [0.15, 0.2) is 11.5 Å². The fourth-order valence-electron chi connectivity index (χ4n) is 4.56. The number of aliphatic hydroxyl groups is 1. The van der Waals surface area contributed by atoms with Crippen LogP contribution in [0.5, 0.6) is 17.2 Å². The number of likely N-dealkylation sites (N-methyl/N-ethyl adjacent to an activating group) is 1. The molecule has 1 amide bonds. The topological polar surface area (TPSA) is 88.5 Å². The minimum absolute atomic E-state index is 0.0483. The molecule has 0 aliphatic carbocycles. The predicted octanol–water partition coefficient (Wildman–Crippen LogP) is 4.99. The lowest BCUT2D eigenvalue weighted by molar-refractivity contribution is -0.140. The van der Waals surface area contributed by atoms with Crippen LogP contribution in [0.25, 0.3) is 5.76 Å². The first-order valence-electron chi connectivity index (χ1n) is 13.0. The zero-order chi connectivity index (χ0) is 28.1. The molecule has 0 spiro atoms. The maximum atomic E-state index is 13.4. The zero-order valence-electron chi connectivity index (χ0n) is 23.7. The number of benzene rings is 2. The monoisotopic (exact) mass is 524 g/mol. The van der Waals surface area contributed by atoms with Crippen molar-refractivity contribution >= 4 is 17.4 Å². The number of aliphatic hydroxyl groups excluding tert-OH is 1. The van der Waals surface area contributed by atoms with Gasteiger partial charge in [-0.1, -0.05) is 19.9 Å². The predicted molar refractivity (Wildman–Crippen MR) is 148 cm³/mol. The molecule has 3 rings (SSSR count). The first-order chi connectivity index (χ1) is 18.0.